The lowest BCUT2D eigenvalue weighted by molar-refractivity contribution is -0.158. The summed E-state index contributed by atoms with van der Waals surface area (Å²) in [5.74, 6) is -3.16. The zero-order valence-electron chi connectivity index (χ0n) is 7.11. The molecule has 1 N–H and O–H groups in total. The van der Waals surface area contributed by atoms with Crippen LogP contribution in [0.25, 0.3) is 0 Å². The Labute approximate surface area is 80.7 Å². The molecular weight excluding hydrogens is 221 g/mol. The summed E-state index contributed by atoms with van der Waals surface area (Å²) in [4.78, 5) is 9.98. The first kappa shape index (κ1) is 11.4. The zero-order valence-corrected chi connectivity index (χ0v) is 7.11. The van der Waals surface area contributed by atoms with Gasteiger partial charge in [-0.2, -0.15) is 13.2 Å². The SMILES string of the molecule is O=C(O)COCc1nnc(C(F)(F)F)o1. The molecule has 0 aliphatic rings. The topological polar surface area (TPSA) is 85.5 Å². The van der Waals surface area contributed by atoms with Crippen molar-refractivity contribution in [3.8, 4) is 0 Å². The van der Waals surface area contributed by atoms with Crippen molar-refractivity contribution in [2.45, 2.75) is 12.8 Å². The predicted molar refractivity (Wildman–Crippen MR) is 36.6 cm³/mol. The van der Waals surface area contributed by atoms with Gasteiger partial charge < -0.3 is 14.3 Å². The van der Waals surface area contributed by atoms with Gasteiger partial charge in [0.25, 0.3) is 0 Å². The molecule has 15 heavy (non-hydrogen) atoms. The molecule has 0 spiro atoms. The van der Waals surface area contributed by atoms with Crippen LogP contribution in [-0.2, 0) is 22.3 Å². The van der Waals surface area contributed by atoms with E-state index in [0.29, 0.717) is 0 Å². The number of halogens is 3. The summed E-state index contributed by atoms with van der Waals surface area (Å²) in [6, 6.07) is 0. The van der Waals surface area contributed by atoms with Crippen molar-refractivity contribution in [2.24, 2.45) is 0 Å². The first-order valence-corrected chi connectivity index (χ1v) is 3.58. The second-order valence-electron chi connectivity index (χ2n) is 2.39. The average Bonchev–Trinajstić information content (AvgIpc) is 2.51. The van der Waals surface area contributed by atoms with Crippen LogP contribution in [0, 0.1) is 0 Å². The van der Waals surface area contributed by atoms with E-state index in [9.17, 15) is 18.0 Å². The van der Waals surface area contributed by atoms with Crippen LogP contribution >= 0.6 is 0 Å². The van der Waals surface area contributed by atoms with E-state index in [1.54, 1.807) is 0 Å². The second kappa shape index (κ2) is 4.26. The Hall–Kier alpha value is -1.64. The number of aromatic nitrogens is 2. The van der Waals surface area contributed by atoms with Gasteiger partial charge in [-0.15, -0.1) is 10.2 Å². The Morgan fingerprint density at radius 3 is 2.60 bits per heavy atom. The number of ether oxygens (including phenoxy) is 1. The fourth-order valence-corrected chi connectivity index (χ4v) is 0.652. The van der Waals surface area contributed by atoms with E-state index >= 15 is 0 Å². The maximum atomic E-state index is 11.9. The molecule has 0 radical (unpaired) electrons. The van der Waals surface area contributed by atoms with Crippen LogP contribution < -0.4 is 0 Å². The highest BCUT2D eigenvalue weighted by atomic mass is 19.4. The van der Waals surface area contributed by atoms with Crippen LogP contribution in [0.1, 0.15) is 11.8 Å². The maximum Gasteiger partial charge on any atom is 0.470 e. The molecule has 0 aromatic carbocycles. The minimum absolute atomic E-state index is 0.427. The van der Waals surface area contributed by atoms with Gasteiger partial charge in [-0.05, 0) is 0 Å². The minimum atomic E-state index is -4.71. The molecule has 6 nitrogen and oxygen atoms in total. The van der Waals surface area contributed by atoms with Crippen molar-refractivity contribution in [1.82, 2.24) is 10.2 Å². The predicted octanol–water partition coefficient (Wildman–Crippen LogP) is 0.690. The first-order valence-electron chi connectivity index (χ1n) is 3.58. The molecule has 0 fully saturated rings. The summed E-state index contributed by atoms with van der Waals surface area (Å²) >= 11 is 0. The van der Waals surface area contributed by atoms with Gasteiger partial charge >= 0.3 is 18.0 Å². The molecule has 0 amide bonds. The van der Waals surface area contributed by atoms with E-state index in [-0.39, 0.29) is 0 Å². The summed E-state index contributed by atoms with van der Waals surface area (Å²) < 4.78 is 44.4. The number of hydrogen-bond acceptors (Lipinski definition) is 5. The molecule has 9 heteroatoms. The molecule has 1 rings (SSSR count). The number of nitrogens with zero attached hydrogens (tertiary/aromatic N) is 2. The fourth-order valence-electron chi connectivity index (χ4n) is 0.652. The number of carbonyl (C=O) groups is 1. The molecule has 0 aliphatic carbocycles. The lowest BCUT2D eigenvalue weighted by atomic mass is 10.6. The number of carboxylic acid groups (broad SMARTS) is 1. The van der Waals surface area contributed by atoms with Gasteiger partial charge in [0.1, 0.15) is 13.2 Å². The number of rotatable bonds is 4. The van der Waals surface area contributed by atoms with Gasteiger partial charge in [-0.25, -0.2) is 4.79 Å². The summed E-state index contributed by atoms with van der Waals surface area (Å²) in [6.07, 6.45) is -4.71. The van der Waals surface area contributed by atoms with E-state index in [1.165, 1.54) is 0 Å². The third-order valence-electron chi connectivity index (χ3n) is 1.16. The van der Waals surface area contributed by atoms with Gasteiger partial charge in [0.15, 0.2) is 0 Å². The molecule has 0 atom stereocenters. The second-order valence-corrected chi connectivity index (χ2v) is 2.39. The van der Waals surface area contributed by atoms with Gasteiger partial charge in [0.05, 0.1) is 0 Å². The van der Waals surface area contributed by atoms with Crippen molar-refractivity contribution in [3.63, 3.8) is 0 Å². The summed E-state index contributed by atoms with van der Waals surface area (Å²) in [6.45, 7) is -1.13. The average molecular weight is 226 g/mol. The standard InChI is InChI=1S/C6H5F3N2O4/c7-6(8,9)5-11-10-3(15-5)1-14-2-4(12)13/h1-2H2,(H,12,13). The quantitative estimate of drug-likeness (QED) is 0.812. The van der Waals surface area contributed by atoms with Crippen molar-refractivity contribution in [2.75, 3.05) is 6.61 Å². The van der Waals surface area contributed by atoms with Crippen LogP contribution in [0.2, 0.25) is 0 Å². The van der Waals surface area contributed by atoms with Crippen molar-refractivity contribution >= 4 is 5.97 Å². The monoisotopic (exact) mass is 226 g/mol. The molecule has 0 saturated heterocycles. The summed E-state index contributed by atoms with van der Waals surface area (Å²) in [7, 11) is 0. The largest absolute Gasteiger partial charge is 0.480 e. The Bertz CT molecular complexity index is 348. The molecule has 0 bridgehead atoms. The minimum Gasteiger partial charge on any atom is -0.480 e. The van der Waals surface area contributed by atoms with Crippen LogP contribution in [0.15, 0.2) is 4.42 Å². The Kier molecular flexibility index (Phi) is 3.24. The third-order valence-corrected chi connectivity index (χ3v) is 1.16. The highest BCUT2D eigenvalue weighted by molar-refractivity contribution is 5.67. The summed E-state index contributed by atoms with van der Waals surface area (Å²) in [5.41, 5.74) is 0. The number of carboxylic acids is 1. The zero-order chi connectivity index (χ0) is 11.5. The van der Waals surface area contributed by atoms with Gasteiger partial charge in [-0.1, -0.05) is 0 Å². The van der Waals surface area contributed by atoms with Gasteiger partial charge in [0, 0.05) is 0 Å². The first-order chi connectivity index (χ1) is 6.89. The van der Waals surface area contributed by atoms with E-state index in [2.05, 4.69) is 19.4 Å². The molecular formula is C6H5F3N2O4. The lowest BCUT2D eigenvalue weighted by Gasteiger charge is -1.97. The van der Waals surface area contributed by atoms with Crippen molar-refractivity contribution in [1.29, 1.82) is 0 Å². The number of aliphatic carboxylic acids is 1. The smallest absolute Gasteiger partial charge is 0.470 e. The van der Waals surface area contributed by atoms with E-state index < -0.39 is 37.1 Å². The molecule has 0 aliphatic heterocycles. The van der Waals surface area contributed by atoms with E-state index in [1.807, 2.05) is 0 Å². The lowest BCUT2D eigenvalue weighted by Crippen LogP contribution is -2.06. The van der Waals surface area contributed by atoms with Crippen molar-refractivity contribution in [3.05, 3.63) is 11.8 Å². The molecule has 0 saturated carbocycles. The Balaban J connectivity index is 2.50. The van der Waals surface area contributed by atoms with Crippen LogP contribution in [-0.4, -0.2) is 27.9 Å². The highest BCUT2D eigenvalue weighted by Gasteiger charge is 2.38. The van der Waals surface area contributed by atoms with Crippen LogP contribution in [0.4, 0.5) is 13.2 Å². The third kappa shape index (κ3) is 3.54. The highest BCUT2D eigenvalue weighted by Crippen LogP contribution is 2.27. The van der Waals surface area contributed by atoms with Crippen molar-refractivity contribution < 1.29 is 32.2 Å². The van der Waals surface area contributed by atoms with Gasteiger partial charge in [0.2, 0.25) is 5.89 Å². The fraction of sp³-hybridized carbons (Fsp3) is 0.500. The molecule has 1 aromatic rings. The normalized spacial score (nSPS) is 11.7. The maximum absolute atomic E-state index is 11.9. The Morgan fingerprint density at radius 2 is 2.13 bits per heavy atom. The Morgan fingerprint density at radius 1 is 1.47 bits per heavy atom. The van der Waals surface area contributed by atoms with Crippen LogP contribution in [0.3, 0.4) is 0 Å². The molecule has 1 heterocycles. The van der Waals surface area contributed by atoms with E-state index in [0.717, 1.165) is 0 Å². The molecule has 84 valence electrons. The van der Waals surface area contributed by atoms with Crippen LogP contribution in [0.5, 0.6) is 0 Å². The summed E-state index contributed by atoms with van der Waals surface area (Å²) in [5, 5.41) is 13.9. The molecule has 0 unspecified atom stereocenters. The van der Waals surface area contributed by atoms with E-state index in [4.69, 9.17) is 5.11 Å². The number of hydrogen-bond donors (Lipinski definition) is 1. The number of alkyl halides is 3. The molecule has 1 aromatic heterocycles. The van der Waals surface area contributed by atoms with Gasteiger partial charge in [-0.3, -0.25) is 0 Å².